The Bertz CT molecular complexity index is 499. The second-order valence-electron chi connectivity index (χ2n) is 3.72. The minimum atomic E-state index is -0.265. The average Bonchev–Trinajstić information content (AvgIpc) is 2.28. The molecule has 1 heterocycles. The van der Waals surface area contributed by atoms with Crippen LogP contribution in [0.4, 0.5) is 10.2 Å². The number of hydrogen-bond acceptors (Lipinski definition) is 3. The van der Waals surface area contributed by atoms with Gasteiger partial charge in [0.15, 0.2) is 0 Å². The summed E-state index contributed by atoms with van der Waals surface area (Å²) in [4.78, 5) is 6.33. The van der Waals surface area contributed by atoms with Gasteiger partial charge in [-0.3, -0.25) is 0 Å². The monoisotopic (exact) mass is 219 g/mol. The SMILES string of the molecule is CN(CCN)c1ccc2ccc(F)cc2n1. The standard InChI is InChI=1S/C12H14FN3/c1-16(7-6-14)12-5-3-9-2-4-10(13)8-11(9)15-12/h2-5,8H,6-7,14H2,1H3. The molecular formula is C12H14FN3. The highest BCUT2D eigenvalue weighted by Gasteiger charge is 2.03. The van der Waals surface area contributed by atoms with Crippen LogP contribution >= 0.6 is 0 Å². The van der Waals surface area contributed by atoms with E-state index in [9.17, 15) is 4.39 Å². The number of likely N-dealkylation sites (N-methyl/N-ethyl adjacent to an activating group) is 1. The molecule has 1 aromatic heterocycles. The van der Waals surface area contributed by atoms with E-state index in [1.807, 2.05) is 24.1 Å². The largest absolute Gasteiger partial charge is 0.358 e. The summed E-state index contributed by atoms with van der Waals surface area (Å²) in [5, 5.41) is 0.936. The second kappa shape index (κ2) is 4.45. The maximum atomic E-state index is 13.0. The van der Waals surface area contributed by atoms with E-state index in [0.29, 0.717) is 12.1 Å². The molecule has 16 heavy (non-hydrogen) atoms. The summed E-state index contributed by atoms with van der Waals surface area (Å²) in [7, 11) is 1.92. The second-order valence-corrected chi connectivity index (χ2v) is 3.72. The fourth-order valence-corrected chi connectivity index (χ4v) is 1.60. The fourth-order valence-electron chi connectivity index (χ4n) is 1.60. The van der Waals surface area contributed by atoms with Crippen molar-refractivity contribution in [2.45, 2.75) is 0 Å². The molecule has 2 aromatic rings. The summed E-state index contributed by atoms with van der Waals surface area (Å²) in [5.74, 6) is 0.544. The molecule has 0 bridgehead atoms. The average molecular weight is 219 g/mol. The van der Waals surface area contributed by atoms with Crippen LogP contribution < -0.4 is 10.6 Å². The van der Waals surface area contributed by atoms with E-state index in [2.05, 4.69) is 4.98 Å². The Balaban J connectivity index is 2.42. The van der Waals surface area contributed by atoms with Crippen LogP contribution in [0.15, 0.2) is 30.3 Å². The molecule has 4 heteroatoms. The Labute approximate surface area is 93.7 Å². The Morgan fingerprint density at radius 3 is 2.81 bits per heavy atom. The van der Waals surface area contributed by atoms with E-state index in [-0.39, 0.29) is 5.82 Å². The predicted molar refractivity (Wildman–Crippen MR) is 64.0 cm³/mol. The molecule has 2 N–H and O–H groups in total. The lowest BCUT2D eigenvalue weighted by Gasteiger charge is -2.17. The number of benzene rings is 1. The van der Waals surface area contributed by atoms with Crippen molar-refractivity contribution in [3.8, 4) is 0 Å². The Kier molecular flexibility index (Phi) is 3.01. The molecule has 0 radical (unpaired) electrons. The Hall–Kier alpha value is -1.68. The van der Waals surface area contributed by atoms with Gasteiger partial charge in [0.1, 0.15) is 11.6 Å². The van der Waals surface area contributed by atoms with E-state index in [4.69, 9.17) is 5.73 Å². The molecule has 0 saturated heterocycles. The minimum absolute atomic E-state index is 0.265. The van der Waals surface area contributed by atoms with Crippen molar-refractivity contribution in [2.24, 2.45) is 5.73 Å². The molecule has 2 rings (SSSR count). The third kappa shape index (κ3) is 2.12. The first-order valence-electron chi connectivity index (χ1n) is 5.18. The zero-order valence-corrected chi connectivity index (χ0v) is 9.15. The van der Waals surface area contributed by atoms with Crippen LogP contribution in [0.1, 0.15) is 0 Å². The van der Waals surface area contributed by atoms with Gasteiger partial charge in [0.2, 0.25) is 0 Å². The van der Waals surface area contributed by atoms with Crippen molar-refractivity contribution in [3.05, 3.63) is 36.1 Å². The molecule has 0 amide bonds. The van der Waals surface area contributed by atoms with Gasteiger partial charge in [-0.05, 0) is 24.3 Å². The molecule has 0 fully saturated rings. The van der Waals surface area contributed by atoms with Gasteiger partial charge in [-0.2, -0.15) is 0 Å². The first-order chi connectivity index (χ1) is 7.70. The number of fused-ring (bicyclic) bond motifs is 1. The van der Waals surface area contributed by atoms with Crippen molar-refractivity contribution in [1.82, 2.24) is 4.98 Å². The summed E-state index contributed by atoms with van der Waals surface area (Å²) in [6.45, 7) is 1.30. The van der Waals surface area contributed by atoms with E-state index in [1.54, 1.807) is 6.07 Å². The van der Waals surface area contributed by atoms with Crippen LogP contribution in [0, 0.1) is 5.82 Å². The number of nitrogens with zero attached hydrogens (tertiary/aromatic N) is 2. The minimum Gasteiger partial charge on any atom is -0.358 e. The first kappa shape index (κ1) is 10.8. The van der Waals surface area contributed by atoms with Crippen LogP contribution in [-0.2, 0) is 0 Å². The van der Waals surface area contributed by atoms with Gasteiger partial charge < -0.3 is 10.6 Å². The number of pyridine rings is 1. The molecule has 84 valence electrons. The van der Waals surface area contributed by atoms with E-state index >= 15 is 0 Å². The van der Waals surface area contributed by atoms with E-state index in [1.165, 1.54) is 12.1 Å². The summed E-state index contributed by atoms with van der Waals surface area (Å²) in [6.07, 6.45) is 0. The quantitative estimate of drug-likeness (QED) is 0.855. The zero-order valence-electron chi connectivity index (χ0n) is 9.15. The number of halogens is 1. The van der Waals surface area contributed by atoms with Crippen LogP contribution in [0.3, 0.4) is 0 Å². The fraction of sp³-hybridized carbons (Fsp3) is 0.250. The van der Waals surface area contributed by atoms with Gasteiger partial charge in [-0.25, -0.2) is 9.37 Å². The van der Waals surface area contributed by atoms with Crippen LogP contribution in [0.5, 0.6) is 0 Å². The maximum Gasteiger partial charge on any atom is 0.129 e. The summed E-state index contributed by atoms with van der Waals surface area (Å²) in [5.41, 5.74) is 6.14. The lowest BCUT2D eigenvalue weighted by Crippen LogP contribution is -2.25. The highest BCUT2D eigenvalue weighted by Crippen LogP contribution is 2.17. The van der Waals surface area contributed by atoms with Gasteiger partial charge in [0, 0.05) is 31.6 Å². The molecule has 0 unspecified atom stereocenters. The molecule has 0 atom stereocenters. The summed E-state index contributed by atoms with van der Waals surface area (Å²) < 4.78 is 13.0. The summed E-state index contributed by atoms with van der Waals surface area (Å²) >= 11 is 0. The lowest BCUT2D eigenvalue weighted by atomic mass is 10.2. The smallest absolute Gasteiger partial charge is 0.129 e. The number of nitrogens with two attached hydrogens (primary N) is 1. The highest BCUT2D eigenvalue weighted by atomic mass is 19.1. The molecular weight excluding hydrogens is 205 g/mol. The number of rotatable bonds is 3. The number of anilines is 1. The third-order valence-corrected chi connectivity index (χ3v) is 2.50. The first-order valence-corrected chi connectivity index (χ1v) is 5.18. The molecule has 0 saturated carbocycles. The van der Waals surface area contributed by atoms with Gasteiger partial charge >= 0.3 is 0 Å². The van der Waals surface area contributed by atoms with Gasteiger partial charge in [-0.1, -0.05) is 0 Å². The van der Waals surface area contributed by atoms with Gasteiger partial charge in [0.25, 0.3) is 0 Å². The highest BCUT2D eigenvalue weighted by molar-refractivity contribution is 5.80. The van der Waals surface area contributed by atoms with Crippen LogP contribution in [0.25, 0.3) is 10.9 Å². The molecule has 0 aliphatic heterocycles. The number of hydrogen-bond donors (Lipinski definition) is 1. The molecule has 0 aliphatic carbocycles. The van der Waals surface area contributed by atoms with Crippen molar-refractivity contribution >= 4 is 16.7 Å². The van der Waals surface area contributed by atoms with Crippen LogP contribution in [-0.4, -0.2) is 25.1 Å². The topological polar surface area (TPSA) is 42.1 Å². The normalized spacial score (nSPS) is 10.7. The maximum absolute atomic E-state index is 13.0. The predicted octanol–water partition coefficient (Wildman–Crippen LogP) is 1.77. The van der Waals surface area contributed by atoms with Gasteiger partial charge in [0.05, 0.1) is 5.52 Å². The van der Waals surface area contributed by atoms with Gasteiger partial charge in [-0.15, -0.1) is 0 Å². The Morgan fingerprint density at radius 2 is 2.06 bits per heavy atom. The Morgan fingerprint density at radius 1 is 1.31 bits per heavy atom. The van der Waals surface area contributed by atoms with E-state index < -0.39 is 0 Å². The zero-order chi connectivity index (χ0) is 11.5. The molecule has 0 spiro atoms. The van der Waals surface area contributed by atoms with Crippen molar-refractivity contribution in [3.63, 3.8) is 0 Å². The van der Waals surface area contributed by atoms with Crippen molar-refractivity contribution in [1.29, 1.82) is 0 Å². The summed E-state index contributed by atoms with van der Waals surface area (Å²) in [6, 6.07) is 8.45. The molecule has 3 nitrogen and oxygen atoms in total. The van der Waals surface area contributed by atoms with E-state index in [0.717, 1.165) is 17.7 Å². The van der Waals surface area contributed by atoms with Crippen LogP contribution in [0.2, 0.25) is 0 Å². The van der Waals surface area contributed by atoms with Crippen molar-refractivity contribution in [2.75, 3.05) is 25.0 Å². The number of aromatic nitrogens is 1. The third-order valence-electron chi connectivity index (χ3n) is 2.50. The lowest BCUT2D eigenvalue weighted by molar-refractivity contribution is 0.629. The molecule has 0 aliphatic rings. The molecule has 1 aromatic carbocycles. The van der Waals surface area contributed by atoms with Crippen molar-refractivity contribution < 1.29 is 4.39 Å².